The van der Waals surface area contributed by atoms with Crippen LogP contribution in [0, 0.1) is 6.92 Å². The first kappa shape index (κ1) is 12.3. The summed E-state index contributed by atoms with van der Waals surface area (Å²) in [6.07, 6.45) is 1.29. The summed E-state index contributed by atoms with van der Waals surface area (Å²) < 4.78 is 28.9. The van der Waals surface area contributed by atoms with E-state index in [1.807, 2.05) is 0 Å². The lowest BCUT2D eigenvalue weighted by atomic mass is 10.2. The molecule has 0 saturated heterocycles. The molecule has 0 bridgehead atoms. The number of aromatic nitrogens is 1. The predicted octanol–water partition coefficient (Wildman–Crippen LogP) is 1.08. The third kappa shape index (κ3) is 2.02. The van der Waals surface area contributed by atoms with Gasteiger partial charge in [0.1, 0.15) is 10.6 Å². The van der Waals surface area contributed by atoms with Crippen LogP contribution in [0.3, 0.4) is 0 Å². The minimum absolute atomic E-state index is 0.0262. The maximum atomic E-state index is 12.0. The molecule has 1 N–H and O–H groups in total. The molecule has 1 saturated carbocycles. The number of carboxylic acid groups (broad SMARTS) is 1. The number of aromatic carboxylic acids is 1. The summed E-state index contributed by atoms with van der Waals surface area (Å²) in [7, 11) is -2.04. The van der Waals surface area contributed by atoms with Crippen LogP contribution in [0.15, 0.2) is 0 Å². The Morgan fingerprint density at radius 2 is 2.12 bits per heavy atom. The molecule has 6 nitrogen and oxygen atoms in total. The van der Waals surface area contributed by atoms with Gasteiger partial charge >= 0.3 is 5.97 Å². The van der Waals surface area contributed by atoms with E-state index in [0.717, 1.165) is 15.8 Å². The highest BCUT2D eigenvalue weighted by atomic mass is 32.2. The van der Waals surface area contributed by atoms with E-state index in [-0.39, 0.29) is 15.8 Å². The van der Waals surface area contributed by atoms with E-state index in [4.69, 9.17) is 5.11 Å². The van der Waals surface area contributed by atoms with Gasteiger partial charge in [-0.05, 0) is 31.3 Å². The third-order valence-corrected chi connectivity index (χ3v) is 6.06. The van der Waals surface area contributed by atoms with E-state index in [2.05, 4.69) is 4.37 Å². The normalized spacial score (nSPS) is 15.9. The fraction of sp³-hybridized carbons (Fsp3) is 0.556. The van der Waals surface area contributed by atoms with Crippen molar-refractivity contribution in [3.05, 3.63) is 11.3 Å². The molecule has 1 aromatic rings. The predicted molar refractivity (Wildman–Crippen MR) is 64.2 cm³/mol. The van der Waals surface area contributed by atoms with Crippen molar-refractivity contribution in [1.82, 2.24) is 4.37 Å². The second kappa shape index (κ2) is 3.95. The number of nitrogens with zero attached hydrogens (tertiary/aromatic N) is 2. The number of aryl methyl sites for hydroxylation is 1. The Kier molecular flexibility index (Phi) is 2.86. The summed E-state index contributed by atoms with van der Waals surface area (Å²) >= 11 is 0.901. The third-order valence-electron chi connectivity index (χ3n) is 2.67. The Labute approximate surface area is 103 Å². The van der Waals surface area contributed by atoms with Crippen LogP contribution >= 0.6 is 11.5 Å². The summed E-state index contributed by atoms with van der Waals surface area (Å²) in [5, 5.41) is 8.87. The second-order valence-corrected chi connectivity index (χ2v) is 6.96. The largest absolute Gasteiger partial charge is 0.478 e. The van der Waals surface area contributed by atoms with Crippen molar-refractivity contribution in [1.29, 1.82) is 0 Å². The summed E-state index contributed by atoms with van der Waals surface area (Å²) in [6, 6.07) is 0. The van der Waals surface area contributed by atoms with Gasteiger partial charge in [0.2, 0.25) is 10.0 Å². The fourth-order valence-corrected chi connectivity index (χ4v) is 4.19. The number of hydrogen-bond acceptors (Lipinski definition) is 5. The van der Waals surface area contributed by atoms with E-state index in [9.17, 15) is 13.2 Å². The highest BCUT2D eigenvalue weighted by molar-refractivity contribution is 7.93. The molecule has 94 valence electrons. The minimum atomic E-state index is -3.42. The van der Waals surface area contributed by atoms with Gasteiger partial charge in [-0.1, -0.05) is 0 Å². The summed E-state index contributed by atoms with van der Waals surface area (Å²) in [5.74, 6) is -1.15. The quantitative estimate of drug-likeness (QED) is 0.889. The van der Waals surface area contributed by atoms with Crippen LogP contribution in [0.5, 0.6) is 0 Å². The molecule has 1 aliphatic carbocycles. The molecule has 2 rings (SSSR count). The average molecular weight is 276 g/mol. The molecule has 0 radical (unpaired) electrons. The summed E-state index contributed by atoms with van der Waals surface area (Å²) in [5.41, 5.74) is 0.317. The van der Waals surface area contributed by atoms with Gasteiger partial charge in [-0.25, -0.2) is 13.2 Å². The van der Waals surface area contributed by atoms with Crippen molar-refractivity contribution in [2.75, 3.05) is 11.4 Å². The zero-order valence-corrected chi connectivity index (χ0v) is 11.0. The van der Waals surface area contributed by atoms with Crippen molar-refractivity contribution < 1.29 is 18.3 Å². The summed E-state index contributed by atoms with van der Waals surface area (Å²) in [6.45, 7) is 1.56. The molecule has 1 aromatic heterocycles. The fourth-order valence-electron chi connectivity index (χ4n) is 1.52. The molecule has 1 heterocycles. The van der Waals surface area contributed by atoms with Crippen molar-refractivity contribution in [2.24, 2.45) is 0 Å². The zero-order valence-electron chi connectivity index (χ0n) is 9.37. The Hall–Kier alpha value is -1.15. The second-order valence-electron chi connectivity index (χ2n) is 3.97. The van der Waals surface area contributed by atoms with Crippen LogP contribution in [0.2, 0.25) is 0 Å². The van der Waals surface area contributed by atoms with Crippen molar-refractivity contribution >= 4 is 32.5 Å². The van der Waals surface area contributed by atoms with E-state index in [0.29, 0.717) is 18.5 Å². The lowest BCUT2D eigenvalue weighted by Gasteiger charge is -2.17. The van der Waals surface area contributed by atoms with Gasteiger partial charge in [0.15, 0.2) is 0 Å². The number of anilines is 1. The molecule has 0 unspecified atom stereocenters. The maximum absolute atomic E-state index is 12.0. The molecule has 0 aliphatic heterocycles. The van der Waals surface area contributed by atoms with Crippen molar-refractivity contribution in [2.45, 2.75) is 25.0 Å². The molecule has 0 aromatic carbocycles. The highest BCUT2D eigenvalue weighted by Gasteiger charge is 2.40. The molecule has 8 heteroatoms. The molecular formula is C9H12N2O4S2. The Morgan fingerprint density at radius 1 is 1.53 bits per heavy atom. The van der Waals surface area contributed by atoms with Gasteiger partial charge in [-0.2, -0.15) is 4.37 Å². The smallest absolute Gasteiger partial charge is 0.340 e. The highest BCUT2D eigenvalue weighted by Crippen LogP contribution is 2.36. The molecule has 1 aliphatic rings. The van der Waals surface area contributed by atoms with E-state index in [1.165, 1.54) is 7.05 Å². The average Bonchev–Trinajstić information content (AvgIpc) is 3.01. The zero-order chi connectivity index (χ0) is 12.8. The number of rotatable bonds is 4. The van der Waals surface area contributed by atoms with Gasteiger partial charge in [-0.3, -0.25) is 4.31 Å². The SMILES string of the molecule is Cc1nsc(N(C)S(=O)(=O)C2CC2)c1C(=O)O. The number of hydrogen-bond donors (Lipinski definition) is 1. The van der Waals surface area contributed by atoms with E-state index in [1.54, 1.807) is 6.92 Å². The molecule has 17 heavy (non-hydrogen) atoms. The summed E-state index contributed by atoms with van der Waals surface area (Å²) in [4.78, 5) is 11.1. The van der Waals surface area contributed by atoms with Crippen LogP contribution in [-0.4, -0.2) is 36.2 Å². The minimum Gasteiger partial charge on any atom is -0.478 e. The van der Waals surface area contributed by atoms with Crippen molar-refractivity contribution in [3.63, 3.8) is 0 Å². The topological polar surface area (TPSA) is 87.6 Å². The molecule has 0 atom stereocenters. The van der Waals surface area contributed by atoms with Crippen LogP contribution in [0.25, 0.3) is 0 Å². The van der Waals surface area contributed by atoms with Crippen LogP contribution < -0.4 is 4.31 Å². The first-order valence-corrected chi connectivity index (χ1v) is 7.30. The number of carboxylic acids is 1. The first-order chi connectivity index (χ1) is 7.85. The van der Waals surface area contributed by atoms with E-state index < -0.39 is 16.0 Å². The number of carbonyl (C=O) groups is 1. The monoisotopic (exact) mass is 276 g/mol. The molecular weight excluding hydrogens is 264 g/mol. The first-order valence-electron chi connectivity index (χ1n) is 5.03. The Morgan fingerprint density at radius 3 is 2.59 bits per heavy atom. The van der Waals surface area contributed by atoms with Crippen LogP contribution in [0.1, 0.15) is 28.9 Å². The van der Waals surface area contributed by atoms with E-state index >= 15 is 0 Å². The molecule has 1 fully saturated rings. The lowest BCUT2D eigenvalue weighted by molar-refractivity contribution is 0.0697. The lowest BCUT2D eigenvalue weighted by Crippen LogP contribution is -2.30. The Bertz CT molecular complexity index is 560. The van der Waals surface area contributed by atoms with Gasteiger partial charge in [-0.15, -0.1) is 0 Å². The molecule has 0 spiro atoms. The Balaban J connectivity index is 2.44. The van der Waals surface area contributed by atoms with Gasteiger partial charge in [0, 0.05) is 7.05 Å². The van der Waals surface area contributed by atoms with Gasteiger partial charge in [0.25, 0.3) is 0 Å². The maximum Gasteiger partial charge on any atom is 0.340 e. The molecule has 0 amide bonds. The van der Waals surface area contributed by atoms with Crippen molar-refractivity contribution in [3.8, 4) is 0 Å². The van der Waals surface area contributed by atoms with Gasteiger partial charge in [0.05, 0.1) is 10.9 Å². The number of sulfonamides is 1. The van der Waals surface area contributed by atoms with Gasteiger partial charge < -0.3 is 5.11 Å². The van der Waals surface area contributed by atoms with Crippen LogP contribution in [0.4, 0.5) is 5.00 Å². The van der Waals surface area contributed by atoms with Crippen LogP contribution in [-0.2, 0) is 10.0 Å². The standard InChI is InChI=1S/C9H12N2O4S2/c1-5-7(9(12)13)8(16-10-5)11(2)17(14,15)6-3-4-6/h6H,3-4H2,1-2H3,(H,12,13).